The van der Waals surface area contributed by atoms with Crippen LogP contribution in [-0.2, 0) is 9.53 Å². The Labute approximate surface area is 72.1 Å². The van der Waals surface area contributed by atoms with E-state index in [1.165, 1.54) is 6.08 Å². The summed E-state index contributed by atoms with van der Waals surface area (Å²) in [5, 5.41) is 0. The van der Waals surface area contributed by atoms with E-state index >= 15 is 0 Å². The lowest BCUT2D eigenvalue weighted by atomic mass is 9.95. The number of rotatable bonds is 3. The molecule has 12 heavy (non-hydrogen) atoms. The Balaban J connectivity index is 2.34. The van der Waals surface area contributed by atoms with E-state index in [0.29, 0.717) is 12.5 Å². The first-order chi connectivity index (χ1) is 5.84. The molecule has 0 saturated carbocycles. The molecule has 1 saturated heterocycles. The average Bonchev–Trinajstić information content (AvgIpc) is 2.15. The fourth-order valence-corrected chi connectivity index (χ4v) is 1.33. The molecule has 1 heterocycles. The van der Waals surface area contributed by atoms with Gasteiger partial charge in [-0.2, -0.15) is 0 Å². The van der Waals surface area contributed by atoms with Crippen molar-refractivity contribution in [3.63, 3.8) is 0 Å². The maximum absolute atomic E-state index is 9.83. The van der Waals surface area contributed by atoms with Crippen molar-refractivity contribution < 1.29 is 9.53 Å². The summed E-state index contributed by atoms with van der Waals surface area (Å²) in [4.78, 5) is 13.3. The summed E-state index contributed by atoms with van der Waals surface area (Å²) in [6.07, 6.45) is 3.69. The van der Waals surface area contributed by atoms with Gasteiger partial charge in [-0.05, 0) is 18.4 Å². The molecule has 0 N–H and O–H groups in total. The summed E-state index contributed by atoms with van der Waals surface area (Å²) in [6, 6.07) is 0. The molecule has 1 aliphatic rings. The molecule has 1 unspecified atom stereocenters. The first-order valence-corrected chi connectivity index (χ1v) is 4.13. The second-order valence-corrected chi connectivity index (χ2v) is 2.98. The molecule has 0 spiro atoms. The zero-order chi connectivity index (χ0) is 8.81. The Hall–Kier alpha value is -0.920. The summed E-state index contributed by atoms with van der Waals surface area (Å²) in [6.45, 7) is 5.84. The highest BCUT2D eigenvalue weighted by Gasteiger charge is 2.16. The maximum Gasteiger partial charge on any atom is 0.235 e. The van der Waals surface area contributed by atoms with Gasteiger partial charge in [0, 0.05) is 12.5 Å². The van der Waals surface area contributed by atoms with Crippen LogP contribution in [0.4, 0.5) is 0 Å². The number of hydrogen-bond acceptors (Lipinski definition) is 3. The third-order valence-electron chi connectivity index (χ3n) is 2.08. The molecule has 1 rings (SSSR count). The standard InChI is InChI=1S/C9H13NO2/c1-8(5-10-7-11)9-3-2-4-12-6-9/h9H,1-6H2. The fourth-order valence-electron chi connectivity index (χ4n) is 1.33. The van der Waals surface area contributed by atoms with Crippen LogP contribution in [0.3, 0.4) is 0 Å². The number of hydrogen-bond donors (Lipinski definition) is 0. The maximum atomic E-state index is 9.83. The lowest BCUT2D eigenvalue weighted by Gasteiger charge is -2.22. The molecule has 1 fully saturated rings. The van der Waals surface area contributed by atoms with E-state index in [2.05, 4.69) is 11.6 Å². The Kier molecular flexibility index (Phi) is 3.71. The average molecular weight is 167 g/mol. The van der Waals surface area contributed by atoms with E-state index in [4.69, 9.17) is 4.74 Å². The highest BCUT2D eigenvalue weighted by Crippen LogP contribution is 2.20. The Morgan fingerprint density at radius 2 is 2.58 bits per heavy atom. The van der Waals surface area contributed by atoms with Gasteiger partial charge in [-0.15, -0.1) is 0 Å². The van der Waals surface area contributed by atoms with Crippen molar-refractivity contribution in [2.45, 2.75) is 12.8 Å². The van der Waals surface area contributed by atoms with Crippen molar-refractivity contribution in [2.75, 3.05) is 19.8 Å². The number of carbonyl (C=O) groups excluding carboxylic acids is 1. The molecule has 66 valence electrons. The van der Waals surface area contributed by atoms with Crippen LogP contribution in [0.1, 0.15) is 12.8 Å². The monoisotopic (exact) mass is 167 g/mol. The molecule has 0 aromatic heterocycles. The minimum Gasteiger partial charge on any atom is -0.381 e. The van der Waals surface area contributed by atoms with Crippen LogP contribution in [-0.4, -0.2) is 25.8 Å². The number of nitrogens with zero attached hydrogens (tertiary/aromatic N) is 1. The molecule has 0 amide bonds. The van der Waals surface area contributed by atoms with Gasteiger partial charge in [0.05, 0.1) is 13.2 Å². The van der Waals surface area contributed by atoms with Crippen LogP contribution >= 0.6 is 0 Å². The molecule has 0 radical (unpaired) electrons. The molecule has 1 atom stereocenters. The van der Waals surface area contributed by atoms with Crippen LogP contribution in [0, 0.1) is 5.92 Å². The van der Waals surface area contributed by atoms with Crippen molar-refractivity contribution >= 4 is 6.08 Å². The van der Waals surface area contributed by atoms with Gasteiger partial charge in [0.1, 0.15) is 0 Å². The van der Waals surface area contributed by atoms with Crippen molar-refractivity contribution in [1.82, 2.24) is 0 Å². The van der Waals surface area contributed by atoms with Crippen LogP contribution in [0.5, 0.6) is 0 Å². The van der Waals surface area contributed by atoms with Gasteiger partial charge in [-0.3, -0.25) is 0 Å². The second kappa shape index (κ2) is 4.86. The third kappa shape index (κ3) is 2.61. The van der Waals surface area contributed by atoms with Crippen molar-refractivity contribution in [3.05, 3.63) is 12.2 Å². The first kappa shape index (κ1) is 9.17. The van der Waals surface area contributed by atoms with Crippen LogP contribution in [0.15, 0.2) is 17.1 Å². The van der Waals surface area contributed by atoms with E-state index in [9.17, 15) is 4.79 Å². The molecule has 0 aliphatic carbocycles. The molecule has 0 aromatic rings. The highest BCUT2D eigenvalue weighted by molar-refractivity contribution is 5.33. The van der Waals surface area contributed by atoms with Gasteiger partial charge >= 0.3 is 0 Å². The van der Waals surface area contributed by atoms with Crippen molar-refractivity contribution in [2.24, 2.45) is 10.9 Å². The fraction of sp³-hybridized carbons (Fsp3) is 0.667. The zero-order valence-corrected chi connectivity index (χ0v) is 7.08. The Morgan fingerprint density at radius 3 is 3.17 bits per heavy atom. The smallest absolute Gasteiger partial charge is 0.235 e. The van der Waals surface area contributed by atoms with E-state index in [-0.39, 0.29) is 0 Å². The van der Waals surface area contributed by atoms with Gasteiger partial charge in [0.15, 0.2) is 0 Å². The van der Waals surface area contributed by atoms with Crippen LogP contribution in [0.25, 0.3) is 0 Å². The van der Waals surface area contributed by atoms with Gasteiger partial charge in [-0.25, -0.2) is 9.79 Å². The minimum absolute atomic E-state index is 0.385. The predicted molar refractivity (Wildman–Crippen MR) is 45.7 cm³/mol. The molecular weight excluding hydrogens is 154 g/mol. The van der Waals surface area contributed by atoms with Gasteiger partial charge in [-0.1, -0.05) is 6.58 Å². The summed E-state index contributed by atoms with van der Waals surface area (Å²) in [5.74, 6) is 0.385. The normalized spacial score (nSPS) is 22.8. The Morgan fingerprint density at radius 1 is 1.75 bits per heavy atom. The number of ether oxygens (including phenoxy) is 1. The van der Waals surface area contributed by atoms with Gasteiger partial charge < -0.3 is 4.74 Å². The Bertz CT molecular complexity index is 201. The number of isocyanates is 1. The molecule has 3 nitrogen and oxygen atoms in total. The van der Waals surface area contributed by atoms with E-state index in [1.807, 2.05) is 0 Å². The van der Waals surface area contributed by atoms with E-state index in [0.717, 1.165) is 31.6 Å². The molecule has 0 bridgehead atoms. The van der Waals surface area contributed by atoms with Gasteiger partial charge in [0.2, 0.25) is 6.08 Å². The molecule has 0 aromatic carbocycles. The second-order valence-electron chi connectivity index (χ2n) is 2.98. The van der Waals surface area contributed by atoms with E-state index in [1.54, 1.807) is 0 Å². The topological polar surface area (TPSA) is 38.7 Å². The molecule has 1 aliphatic heterocycles. The first-order valence-electron chi connectivity index (χ1n) is 4.13. The lowest BCUT2D eigenvalue weighted by Crippen LogP contribution is -2.19. The van der Waals surface area contributed by atoms with Crippen LogP contribution in [0.2, 0.25) is 0 Å². The van der Waals surface area contributed by atoms with Crippen molar-refractivity contribution in [3.8, 4) is 0 Å². The van der Waals surface area contributed by atoms with E-state index < -0.39 is 0 Å². The highest BCUT2D eigenvalue weighted by atomic mass is 16.5. The van der Waals surface area contributed by atoms with Crippen LogP contribution < -0.4 is 0 Å². The number of aliphatic imine (C=N–C) groups is 1. The largest absolute Gasteiger partial charge is 0.381 e. The van der Waals surface area contributed by atoms with Crippen molar-refractivity contribution in [1.29, 1.82) is 0 Å². The predicted octanol–water partition coefficient (Wildman–Crippen LogP) is 1.30. The summed E-state index contributed by atoms with van der Waals surface area (Å²) >= 11 is 0. The minimum atomic E-state index is 0.385. The zero-order valence-electron chi connectivity index (χ0n) is 7.08. The summed E-state index contributed by atoms with van der Waals surface area (Å²) < 4.78 is 5.28. The molecule has 3 heteroatoms. The lowest BCUT2D eigenvalue weighted by molar-refractivity contribution is 0.0671. The van der Waals surface area contributed by atoms with Gasteiger partial charge in [0.25, 0.3) is 0 Å². The summed E-state index contributed by atoms with van der Waals surface area (Å²) in [7, 11) is 0. The summed E-state index contributed by atoms with van der Waals surface area (Å²) in [5.41, 5.74) is 0.984. The molecular formula is C9H13NO2. The quantitative estimate of drug-likeness (QED) is 0.361. The SMILES string of the molecule is C=C(CN=C=O)C1CCCOC1. The third-order valence-corrected chi connectivity index (χ3v) is 2.08.